The fourth-order valence-electron chi connectivity index (χ4n) is 1.51. The zero-order chi connectivity index (χ0) is 10.4. The molecule has 0 aliphatic rings. The normalized spacial score (nSPS) is 13.1. The Morgan fingerprint density at radius 3 is 2.43 bits per heavy atom. The van der Waals surface area contributed by atoms with E-state index in [0.29, 0.717) is 0 Å². The number of aliphatic hydroxyl groups is 1. The van der Waals surface area contributed by atoms with E-state index in [0.717, 1.165) is 13.1 Å². The molecular formula is C12H19NO. The van der Waals surface area contributed by atoms with Crippen molar-refractivity contribution >= 4 is 0 Å². The van der Waals surface area contributed by atoms with Gasteiger partial charge in [0.2, 0.25) is 0 Å². The molecule has 0 unspecified atom stereocenters. The van der Waals surface area contributed by atoms with Gasteiger partial charge in [-0.3, -0.25) is 4.90 Å². The quantitative estimate of drug-likeness (QED) is 0.772. The highest BCUT2D eigenvalue weighted by Gasteiger charge is 2.10. The van der Waals surface area contributed by atoms with Crippen LogP contribution in [0.1, 0.15) is 19.4 Å². The molecule has 1 aromatic rings. The molecule has 2 heteroatoms. The summed E-state index contributed by atoms with van der Waals surface area (Å²) in [4.78, 5) is 2.26. The standard InChI is InChI=1S/C12H19NO/c1-3-13(11(2)10-14)9-12-7-5-4-6-8-12/h4-8,11,14H,3,9-10H2,1-2H3/t11-/m0/s1. The van der Waals surface area contributed by atoms with Gasteiger partial charge in [-0.15, -0.1) is 0 Å². The summed E-state index contributed by atoms with van der Waals surface area (Å²) < 4.78 is 0. The number of hydrogen-bond acceptors (Lipinski definition) is 2. The topological polar surface area (TPSA) is 23.5 Å². The zero-order valence-electron chi connectivity index (χ0n) is 8.98. The zero-order valence-corrected chi connectivity index (χ0v) is 8.98. The molecule has 78 valence electrons. The summed E-state index contributed by atoms with van der Waals surface area (Å²) in [6.07, 6.45) is 0. The minimum atomic E-state index is 0.223. The largest absolute Gasteiger partial charge is 0.395 e. The van der Waals surface area contributed by atoms with Crippen molar-refractivity contribution in [3.63, 3.8) is 0 Å². The Hall–Kier alpha value is -0.860. The molecule has 0 saturated heterocycles. The minimum absolute atomic E-state index is 0.223. The van der Waals surface area contributed by atoms with Crippen LogP contribution in [0.4, 0.5) is 0 Å². The molecule has 0 aromatic heterocycles. The van der Waals surface area contributed by atoms with Crippen molar-refractivity contribution in [1.82, 2.24) is 4.90 Å². The highest BCUT2D eigenvalue weighted by Crippen LogP contribution is 2.07. The molecule has 0 aliphatic heterocycles. The Morgan fingerprint density at radius 2 is 1.93 bits per heavy atom. The maximum absolute atomic E-state index is 9.07. The van der Waals surface area contributed by atoms with E-state index in [2.05, 4.69) is 24.0 Å². The third-order valence-electron chi connectivity index (χ3n) is 2.52. The van der Waals surface area contributed by atoms with Crippen LogP contribution in [0.2, 0.25) is 0 Å². The number of rotatable bonds is 5. The van der Waals surface area contributed by atoms with E-state index in [4.69, 9.17) is 5.11 Å². The van der Waals surface area contributed by atoms with Crippen molar-refractivity contribution in [2.75, 3.05) is 13.2 Å². The van der Waals surface area contributed by atoms with E-state index in [1.807, 2.05) is 25.1 Å². The van der Waals surface area contributed by atoms with Gasteiger partial charge in [0.1, 0.15) is 0 Å². The van der Waals surface area contributed by atoms with Crippen molar-refractivity contribution < 1.29 is 5.11 Å². The van der Waals surface area contributed by atoms with E-state index in [9.17, 15) is 0 Å². The van der Waals surface area contributed by atoms with Crippen LogP contribution >= 0.6 is 0 Å². The molecule has 14 heavy (non-hydrogen) atoms. The average molecular weight is 193 g/mol. The van der Waals surface area contributed by atoms with Gasteiger partial charge in [0.25, 0.3) is 0 Å². The number of nitrogens with zero attached hydrogens (tertiary/aromatic N) is 1. The minimum Gasteiger partial charge on any atom is -0.395 e. The molecule has 2 nitrogen and oxygen atoms in total. The van der Waals surface area contributed by atoms with E-state index in [-0.39, 0.29) is 12.6 Å². The monoisotopic (exact) mass is 193 g/mol. The molecule has 0 bridgehead atoms. The van der Waals surface area contributed by atoms with Crippen molar-refractivity contribution in [2.24, 2.45) is 0 Å². The third kappa shape index (κ3) is 3.13. The van der Waals surface area contributed by atoms with Crippen molar-refractivity contribution in [3.8, 4) is 0 Å². The summed E-state index contributed by atoms with van der Waals surface area (Å²) in [6, 6.07) is 10.6. The van der Waals surface area contributed by atoms with Gasteiger partial charge in [0.15, 0.2) is 0 Å². The van der Waals surface area contributed by atoms with Crippen LogP contribution in [0, 0.1) is 0 Å². The smallest absolute Gasteiger partial charge is 0.0584 e. The molecule has 0 amide bonds. The summed E-state index contributed by atoms with van der Waals surface area (Å²) in [5.74, 6) is 0. The lowest BCUT2D eigenvalue weighted by atomic mass is 10.2. The summed E-state index contributed by atoms with van der Waals surface area (Å²) in [6.45, 7) is 6.28. The summed E-state index contributed by atoms with van der Waals surface area (Å²) in [5.41, 5.74) is 1.30. The van der Waals surface area contributed by atoms with Gasteiger partial charge in [-0.25, -0.2) is 0 Å². The molecule has 1 aromatic carbocycles. The molecule has 1 atom stereocenters. The number of benzene rings is 1. The van der Waals surface area contributed by atoms with Crippen LogP contribution in [0.3, 0.4) is 0 Å². The van der Waals surface area contributed by atoms with Gasteiger partial charge in [0, 0.05) is 12.6 Å². The molecule has 1 rings (SSSR count). The number of likely N-dealkylation sites (N-methyl/N-ethyl adjacent to an activating group) is 1. The van der Waals surface area contributed by atoms with Gasteiger partial charge < -0.3 is 5.11 Å². The van der Waals surface area contributed by atoms with Crippen molar-refractivity contribution in [1.29, 1.82) is 0 Å². The van der Waals surface area contributed by atoms with E-state index in [1.165, 1.54) is 5.56 Å². The predicted molar refractivity (Wildman–Crippen MR) is 59.1 cm³/mol. The Morgan fingerprint density at radius 1 is 1.29 bits per heavy atom. The van der Waals surface area contributed by atoms with E-state index < -0.39 is 0 Å². The fourth-order valence-corrected chi connectivity index (χ4v) is 1.51. The van der Waals surface area contributed by atoms with Crippen LogP contribution in [0.25, 0.3) is 0 Å². The van der Waals surface area contributed by atoms with Gasteiger partial charge >= 0.3 is 0 Å². The molecule has 0 heterocycles. The molecule has 1 N–H and O–H groups in total. The fraction of sp³-hybridized carbons (Fsp3) is 0.500. The van der Waals surface area contributed by atoms with Crippen molar-refractivity contribution in [2.45, 2.75) is 26.4 Å². The Labute approximate surface area is 86.2 Å². The molecule has 0 radical (unpaired) electrons. The Kier molecular flexibility index (Phi) is 4.63. The summed E-state index contributed by atoms with van der Waals surface area (Å²) in [5, 5.41) is 9.07. The van der Waals surface area contributed by atoms with Crippen LogP contribution in [0.15, 0.2) is 30.3 Å². The maximum Gasteiger partial charge on any atom is 0.0584 e. The van der Waals surface area contributed by atoms with Crippen LogP contribution in [-0.4, -0.2) is 29.2 Å². The Balaban J connectivity index is 2.57. The predicted octanol–water partition coefficient (Wildman–Crippen LogP) is 1.89. The van der Waals surface area contributed by atoms with Crippen LogP contribution in [-0.2, 0) is 6.54 Å². The molecule has 0 fully saturated rings. The molecule has 0 aliphatic carbocycles. The number of aliphatic hydroxyl groups excluding tert-OH is 1. The summed E-state index contributed by atoms with van der Waals surface area (Å²) >= 11 is 0. The highest BCUT2D eigenvalue weighted by molar-refractivity contribution is 5.14. The lowest BCUT2D eigenvalue weighted by Crippen LogP contribution is -2.34. The highest BCUT2D eigenvalue weighted by atomic mass is 16.3. The maximum atomic E-state index is 9.07. The second-order valence-corrected chi connectivity index (χ2v) is 3.58. The van der Waals surface area contributed by atoms with E-state index in [1.54, 1.807) is 0 Å². The first-order valence-corrected chi connectivity index (χ1v) is 5.16. The molecular weight excluding hydrogens is 174 g/mol. The lowest BCUT2D eigenvalue weighted by Gasteiger charge is -2.26. The van der Waals surface area contributed by atoms with Crippen molar-refractivity contribution in [3.05, 3.63) is 35.9 Å². The Bertz CT molecular complexity index is 248. The first-order valence-electron chi connectivity index (χ1n) is 5.16. The third-order valence-corrected chi connectivity index (χ3v) is 2.52. The first kappa shape index (κ1) is 11.2. The van der Waals surface area contributed by atoms with Gasteiger partial charge in [0.05, 0.1) is 6.61 Å². The molecule has 0 saturated carbocycles. The van der Waals surface area contributed by atoms with Crippen LogP contribution in [0.5, 0.6) is 0 Å². The first-order chi connectivity index (χ1) is 6.77. The molecule has 0 spiro atoms. The van der Waals surface area contributed by atoms with Gasteiger partial charge in [-0.1, -0.05) is 37.3 Å². The second-order valence-electron chi connectivity index (χ2n) is 3.58. The summed E-state index contributed by atoms with van der Waals surface area (Å²) in [7, 11) is 0. The van der Waals surface area contributed by atoms with Gasteiger partial charge in [-0.05, 0) is 19.0 Å². The average Bonchev–Trinajstić information content (AvgIpc) is 2.26. The number of hydrogen-bond donors (Lipinski definition) is 1. The van der Waals surface area contributed by atoms with E-state index >= 15 is 0 Å². The van der Waals surface area contributed by atoms with Crippen LogP contribution < -0.4 is 0 Å². The lowest BCUT2D eigenvalue weighted by molar-refractivity contribution is 0.133. The van der Waals surface area contributed by atoms with Gasteiger partial charge in [-0.2, -0.15) is 0 Å². The second kappa shape index (κ2) is 5.78. The SMILES string of the molecule is CCN(Cc1ccccc1)[C@@H](C)CO.